The zero-order valence-corrected chi connectivity index (χ0v) is 13.9. The standard InChI is InChI=1S/C18H20N6/c1-12-7-9-13(10-8-12)11-19-22-18-20-17-16(21-23-18)14-5-3-4-6-15(14)24(17)2/h3-7,11,13H,8-10H2,1-2H3,(H,20,22,23)/b19-11+. The van der Waals surface area contributed by atoms with Gasteiger partial charge in [0.25, 0.3) is 5.95 Å². The lowest BCUT2D eigenvalue weighted by atomic mass is 9.91. The molecule has 0 aliphatic heterocycles. The molecule has 0 saturated carbocycles. The summed E-state index contributed by atoms with van der Waals surface area (Å²) < 4.78 is 2.03. The van der Waals surface area contributed by atoms with E-state index in [0.29, 0.717) is 11.9 Å². The fraction of sp³-hybridized carbons (Fsp3) is 0.333. The smallest absolute Gasteiger partial charge is 0.265 e. The highest BCUT2D eigenvalue weighted by atomic mass is 15.4. The van der Waals surface area contributed by atoms with E-state index in [2.05, 4.69) is 44.8 Å². The minimum Gasteiger partial charge on any atom is -0.327 e. The second kappa shape index (κ2) is 6.03. The van der Waals surface area contributed by atoms with E-state index in [1.807, 2.05) is 36.0 Å². The molecule has 2 heterocycles. The van der Waals surface area contributed by atoms with Crippen molar-refractivity contribution < 1.29 is 0 Å². The third-order valence-corrected chi connectivity index (χ3v) is 4.63. The molecule has 0 saturated heterocycles. The van der Waals surface area contributed by atoms with E-state index >= 15 is 0 Å². The Balaban J connectivity index is 1.57. The van der Waals surface area contributed by atoms with Gasteiger partial charge in [0.2, 0.25) is 0 Å². The molecule has 24 heavy (non-hydrogen) atoms. The van der Waals surface area contributed by atoms with E-state index in [0.717, 1.165) is 41.3 Å². The van der Waals surface area contributed by atoms with Gasteiger partial charge >= 0.3 is 0 Å². The van der Waals surface area contributed by atoms with Crippen LogP contribution in [0, 0.1) is 5.92 Å². The topological polar surface area (TPSA) is 68.0 Å². The van der Waals surface area contributed by atoms with Crippen LogP contribution >= 0.6 is 0 Å². The van der Waals surface area contributed by atoms with Gasteiger partial charge in [0, 0.05) is 18.6 Å². The van der Waals surface area contributed by atoms with Crippen LogP contribution in [0.15, 0.2) is 41.0 Å². The molecule has 6 nitrogen and oxygen atoms in total. The van der Waals surface area contributed by atoms with Gasteiger partial charge in [-0.2, -0.15) is 10.1 Å². The van der Waals surface area contributed by atoms with Gasteiger partial charge in [-0.3, -0.25) is 0 Å². The van der Waals surface area contributed by atoms with Crippen LogP contribution in [0.25, 0.3) is 22.1 Å². The van der Waals surface area contributed by atoms with Crippen molar-refractivity contribution in [3.05, 3.63) is 35.9 Å². The fourth-order valence-electron chi connectivity index (χ4n) is 3.18. The third-order valence-electron chi connectivity index (χ3n) is 4.63. The van der Waals surface area contributed by atoms with Crippen LogP contribution in [0.2, 0.25) is 0 Å². The molecule has 0 radical (unpaired) electrons. The number of hydrogen-bond acceptors (Lipinski definition) is 5. The van der Waals surface area contributed by atoms with Gasteiger partial charge in [-0.15, -0.1) is 10.2 Å². The molecule has 3 aromatic rings. The Morgan fingerprint density at radius 3 is 3.00 bits per heavy atom. The highest BCUT2D eigenvalue weighted by molar-refractivity contribution is 6.04. The maximum Gasteiger partial charge on any atom is 0.265 e. The molecule has 0 fully saturated rings. The summed E-state index contributed by atoms with van der Waals surface area (Å²) in [6, 6.07) is 8.11. The molecule has 1 atom stereocenters. The Morgan fingerprint density at radius 1 is 1.29 bits per heavy atom. The van der Waals surface area contributed by atoms with Crippen LogP contribution in [-0.2, 0) is 7.05 Å². The van der Waals surface area contributed by atoms with E-state index in [-0.39, 0.29) is 0 Å². The van der Waals surface area contributed by atoms with Crippen molar-refractivity contribution >= 4 is 34.2 Å². The molecule has 6 heteroatoms. The second-order valence-corrected chi connectivity index (χ2v) is 6.36. The van der Waals surface area contributed by atoms with Gasteiger partial charge in [0.1, 0.15) is 5.52 Å². The van der Waals surface area contributed by atoms with Crippen LogP contribution in [0.4, 0.5) is 5.95 Å². The maximum atomic E-state index is 4.56. The summed E-state index contributed by atoms with van der Waals surface area (Å²) >= 11 is 0. The molecule has 1 aromatic carbocycles. The number of benzene rings is 1. The van der Waals surface area contributed by atoms with Crippen molar-refractivity contribution in [1.29, 1.82) is 0 Å². The molecule has 1 unspecified atom stereocenters. The first-order valence-corrected chi connectivity index (χ1v) is 8.25. The average molecular weight is 320 g/mol. The summed E-state index contributed by atoms with van der Waals surface area (Å²) in [5.74, 6) is 0.905. The molecule has 122 valence electrons. The van der Waals surface area contributed by atoms with Gasteiger partial charge in [0.05, 0.1) is 5.52 Å². The number of hydrazone groups is 1. The molecule has 1 aliphatic carbocycles. The summed E-state index contributed by atoms with van der Waals surface area (Å²) in [6.45, 7) is 2.18. The number of nitrogens with zero attached hydrogens (tertiary/aromatic N) is 5. The molecule has 1 N–H and O–H groups in total. The van der Waals surface area contributed by atoms with Crippen LogP contribution in [0.5, 0.6) is 0 Å². The Bertz CT molecular complexity index is 953. The largest absolute Gasteiger partial charge is 0.327 e. The lowest BCUT2D eigenvalue weighted by Gasteiger charge is -2.15. The van der Waals surface area contributed by atoms with Crippen molar-refractivity contribution in [3.8, 4) is 0 Å². The molecule has 1 aliphatic rings. The Labute approximate surface area is 140 Å². The number of allylic oxidation sites excluding steroid dienone is 2. The van der Waals surface area contributed by atoms with Crippen LogP contribution in [0.3, 0.4) is 0 Å². The first-order valence-electron chi connectivity index (χ1n) is 8.25. The highest BCUT2D eigenvalue weighted by Gasteiger charge is 2.12. The summed E-state index contributed by atoms with van der Waals surface area (Å²) in [5.41, 5.74) is 7.11. The monoisotopic (exact) mass is 320 g/mol. The van der Waals surface area contributed by atoms with Crippen molar-refractivity contribution in [2.45, 2.75) is 26.2 Å². The van der Waals surface area contributed by atoms with Crippen LogP contribution in [0.1, 0.15) is 26.2 Å². The summed E-state index contributed by atoms with van der Waals surface area (Å²) in [6.07, 6.45) is 7.60. The lowest BCUT2D eigenvalue weighted by molar-refractivity contribution is 0.607. The first kappa shape index (κ1) is 14.8. The number of aryl methyl sites for hydroxylation is 1. The molecular weight excluding hydrogens is 300 g/mol. The minimum atomic E-state index is 0.423. The summed E-state index contributed by atoms with van der Waals surface area (Å²) in [5, 5.41) is 13.8. The fourth-order valence-corrected chi connectivity index (χ4v) is 3.18. The van der Waals surface area contributed by atoms with E-state index in [9.17, 15) is 0 Å². The van der Waals surface area contributed by atoms with Gasteiger partial charge in [0.15, 0.2) is 5.65 Å². The molecule has 0 bridgehead atoms. The highest BCUT2D eigenvalue weighted by Crippen LogP contribution is 2.25. The SMILES string of the molecule is CC1=CCC(/C=N/Nc2nnc3c4ccccc4n(C)c3n2)CC1. The van der Waals surface area contributed by atoms with Gasteiger partial charge in [-0.25, -0.2) is 5.43 Å². The number of hydrogen-bond donors (Lipinski definition) is 1. The van der Waals surface area contributed by atoms with Gasteiger partial charge in [-0.05, 0) is 38.2 Å². The molecule has 2 aromatic heterocycles. The number of rotatable bonds is 3. The van der Waals surface area contributed by atoms with E-state index in [1.165, 1.54) is 5.57 Å². The number of nitrogens with one attached hydrogen (secondary N) is 1. The summed E-state index contributed by atoms with van der Waals surface area (Å²) in [7, 11) is 1.99. The van der Waals surface area contributed by atoms with Crippen molar-refractivity contribution in [1.82, 2.24) is 19.7 Å². The van der Waals surface area contributed by atoms with E-state index in [1.54, 1.807) is 0 Å². The Kier molecular flexibility index (Phi) is 3.72. The lowest BCUT2D eigenvalue weighted by Crippen LogP contribution is -2.08. The van der Waals surface area contributed by atoms with Crippen LogP contribution in [-0.4, -0.2) is 26.0 Å². The number of para-hydroxylation sites is 1. The summed E-state index contributed by atoms with van der Waals surface area (Å²) in [4.78, 5) is 4.56. The zero-order valence-electron chi connectivity index (χ0n) is 13.9. The molecule has 0 spiro atoms. The normalized spacial score (nSPS) is 18.4. The Hall–Kier alpha value is -2.76. The van der Waals surface area contributed by atoms with Crippen LogP contribution < -0.4 is 5.43 Å². The molecular formula is C18H20N6. The van der Waals surface area contributed by atoms with Gasteiger partial charge in [-0.1, -0.05) is 29.8 Å². The first-order chi connectivity index (χ1) is 11.7. The number of aromatic nitrogens is 4. The maximum absolute atomic E-state index is 4.56. The molecule has 0 amide bonds. The average Bonchev–Trinajstić information content (AvgIpc) is 2.90. The second-order valence-electron chi connectivity index (χ2n) is 6.36. The van der Waals surface area contributed by atoms with Crippen molar-refractivity contribution in [3.63, 3.8) is 0 Å². The van der Waals surface area contributed by atoms with E-state index in [4.69, 9.17) is 0 Å². The van der Waals surface area contributed by atoms with Crippen molar-refractivity contribution in [2.75, 3.05) is 5.43 Å². The van der Waals surface area contributed by atoms with E-state index < -0.39 is 0 Å². The van der Waals surface area contributed by atoms with Gasteiger partial charge < -0.3 is 4.57 Å². The number of anilines is 1. The zero-order chi connectivity index (χ0) is 16.5. The predicted octanol–water partition coefficient (Wildman–Crippen LogP) is 3.66. The predicted molar refractivity (Wildman–Crippen MR) is 97.0 cm³/mol. The Morgan fingerprint density at radius 2 is 2.17 bits per heavy atom. The number of fused-ring (bicyclic) bond motifs is 3. The van der Waals surface area contributed by atoms with Crippen molar-refractivity contribution in [2.24, 2.45) is 18.1 Å². The minimum absolute atomic E-state index is 0.423. The third kappa shape index (κ3) is 2.64. The quantitative estimate of drug-likeness (QED) is 0.454. The molecule has 4 rings (SSSR count).